The Morgan fingerprint density at radius 2 is 1.61 bits per heavy atom. The van der Waals surface area contributed by atoms with Crippen molar-refractivity contribution < 1.29 is 18.0 Å². The van der Waals surface area contributed by atoms with E-state index in [0.29, 0.717) is 44.5 Å². The van der Waals surface area contributed by atoms with Crippen LogP contribution in [0.15, 0.2) is 65.6 Å². The second-order valence-electron chi connectivity index (χ2n) is 8.81. The first kappa shape index (κ1) is 23.2. The highest BCUT2D eigenvalue weighted by atomic mass is 32.2. The minimum Gasteiger partial charge on any atom is -0.339 e. The van der Waals surface area contributed by atoms with Crippen molar-refractivity contribution in [2.24, 2.45) is 5.92 Å². The lowest BCUT2D eigenvalue weighted by Crippen LogP contribution is -2.40. The largest absolute Gasteiger partial charge is 0.339 e. The molecular formula is C26H30N2O4S. The molecule has 2 aliphatic rings. The van der Waals surface area contributed by atoms with Gasteiger partial charge < -0.3 is 10.2 Å². The Morgan fingerprint density at radius 3 is 2.30 bits per heavy atom. The van der Waals surface area contributed by atoms with Crippen LogP contribution in [0, 0.1) is 5.92 Å². The molecular weight excluding hydrogens is 436 g/mol. The number of hydrogen-bond donors (Lipinski definition) is 1. The second kappa shape index (κ2) is 10.3. The van der Waals surface area contributed by atoms with E-state index in [0.717, 1.165) is 18.4 Å². The van der Waals surface area contributed by atoms with E-state index < -0.39 is 9.84 Å². The quantitative estimate of drug-likeness (QED) is 0.644. The second-order valence-corrected chi connectivity index (χ2v) is 11.0. The number of carbonyl (C=O) groups is 2. The van der Waals surface area contributed by atoms with Crippen molar-refractivity contribution in [1.82, 2.24) is 4.90 Å². The zero-order valence-electron chi connectivity index (χ0n) is 18.7. The van der Waals surface area contributed by atoms with Crippen molar-refractivity contribution in [3.05, 3.63) is 66.2 Å². The number of hydrogen-bond acceptors (Lipinski definition) is 4. The van der Waals surface area contributed by atoms with E-state index in [9.17, 15) is 18.0 Å². The molecule has 0 aromatic heterocycles. The highest BCUT2D eigenvalue weighted by Crippen LogP contribution is 2.30. The van der Waals surface area contributed by atoms with Crippen molar-refractivity contribution in [1.29, 1.82) is 0 Å². The maximum absolute atomic E-state index is 12.9. The van der Waals surface area contributed by atoms with Gasteiger partial charge in [-0.05, 0) is 55.5 Å². The number of anilines is 1. The molecule has 0 spiro atoms. The highest BCUT2D eigenvalue weighted by molar-refractivity contribution is 7.92. The number of rotatable bonds is 6. The number of nitrogens with zero attached hydrogens (tertiary/aromatic N) is 1. The molecule has 174 valence electrons. The zero-order valence-corrected chi connectivity index (χ0v) is 19.5. The third-order valence-corrected chi connectivity index (χ3v) is 8.83. The van der Waals surface area contributed by atoms with Crippen molar-refractivity contribution >= 4 is 33.4 Å². The SMILES string of the molecule is O=C(Nc1cccc(S(=O)(=O)C2CCCC2)c1)C1CCN(C(=O)/C=C/c2ccccc2)CC1. The van der Waals surface area contributed by atoms with Crippen LogP contribution in [0.3, 0.4) is 0 Å². The molecule has 0 radical (unpaired) electrons. The first-order valence-electron chi connectivity index (χ1n) is 11.6. The van der Waals surface area contributed by atoms with Gasteiger partial charge in [-0.1, -0.05) is 49.2 Å². The van der Waals surface area contributed by atoms with Crippen molar-refractivity contribution in [3.8, 4) is 0 Å². The summed E-state index contributed by atoms with van der Waals surface area (Å²) in [7, 11) is -3.37. The van der Waals surface area contributed by atoms with Crippen molar-refractivity contribution in [2.45, 2.75) is 48.7 Å². The molecule has 1 saturated heterocycles. The smallest absolute Gasteiger partial charge is 0.246 e. The lowest BCUT2D eigenvalue weighted by atomic mass is 9.95. The maximum atomic E-state index is 12.9. The minimum atomic E-state index is -3.37. The van der Waals surface area contributed by atoms with E-state index in [1.165, 1.54) is 0 Å². The van der Waals surface area contributed by atoms with Gasteiger partial charge in [0, 0.05) is 30.8 Å². The summed E-state index contributed by atoms with van der Waals surface area (Å²) in [5.41, 5.74) is 1.47. The van der Waals surface area contributed by atoms with Gasteiger partial charge in [-0.25, -0.2) is 8.42 Å². The fraction of sp³-hybridized carbons (Fsp3) is 0.385. The van der Waals surface area contributed by atoms with E-state index in [4.69, 9.17) is 0 Å². The van der Waals surface area contributed by atoms with E-state index in [-0.39, 0.29) is 27.9 Å². The lowest BCUT2D eigenvalue weighted by Gasteiger charge is -2.30. The summed E-state index contributed by atoms with van der Waals surface area (Å²) in [4.78, 5) is 27.3. The number of benzene rings is 2. The number of amides is 2. The monoisotopic (exact) mass is 466 g/mol. The summed E-state index contributed by atoms with van der Waals surface area (Å²) in [5, 5.41) is 2.57. The standard InChI is InChI=1S/C26H30N2O4S/c29-25(14-13-20-7-2-1-3-8-20)28-17-15-21(16-18-28)26(30)27-22-9-6-12-24(19-22)33(31,32)23-10-4-5-11-23/h1-3,6-9,12-14,19,21,23H,4-5,10-11,15-18H2,(H,27,30)/b14-13+. The normalized spacial score (nSPS) is 18.0. The molecule has 2 aromatic carbocycles. The molecule has 4 rings (SSSR count). The van der Waals surface area contributed by atoms with Crippen LogP contribution >= 0.6 is 0 Å². The van der Waals surface area contributed by atoms with E-state index in [1.54, 1.807) is 41.3 Å². The Bertz CT molecular complexity index is 1110. The minimum absolute atomic E-state index is 0.0532. The lowest BCUT2D eigenvalue weighted by molar-refractivity contribution is -0.130. The van der Waals surface area contributed by atoms with Crippen LogP contribution in [0.1, 0.15) is 44.1 Å². The van der Waals surface area contributed by atoms with Gasteiger partial charge in [-0.2, -0.15) is 0 Å². The molecule has 2 fully saturated rings. The summed E-state index contributed by atoms with van der Waals surface area (Å²) >= 11 is 0. The molecule has 0 bridgehead atoms. The molecule has 2 amide bonds. The zero-order chi connectivity index (χ0) is 23.3. The van der Waals surface area contributed by atoms with Crippen molar-refractivity contribution in [2.75, 3.05) is 18.4 Å². The molecule has 2 aromatic rings. The summed E-state index contributed by atoms with van der Waals surface area (Å²) in [6.07, 6.45) is 7.84. The number of carbonyl (C=O) groups excluding carboxylic acids is 2. The number of likely N-dealkylation sites (tertiary alicyclic amines) is 1. The molecule has 1 heterocycles. The first-order chi connectivity index (χ1) is 15.9. The van der Waals surface area contributed by atoms with Gasteiger partial charge in [0.15, 0.2) is 9.84 Å². The van der Waals surface area contributed by atoms with Crippen LogP contribution in [0.4, 0.5) is 5.69 Å². The van der Waals surface area contributed by atoms with Gasteiger partial charge >= 0.3 is 0 Å². The Hall–Kier alpha value is -2.93. The fourth-order valence-electron chi connectivity index (χ4n) is 4.59. The van der Waals surface area contributed by atoms with Crippen LogP contribution in [-0.2, 0) is 19.4 Å². The summed E-state index contributed by atoms with van der Waals surface area (Å²) in [6, 6.07) is 16.2. The Kier molecular flexibility index (Phi) is 7.28. The van der Waals surface area contributed by atoms with Gasteiger partial charge in [0.1, 0.15) is 0 Å². The van der Waals surface area contributed by atoms with Gasteiger partial charge in [-0.3, -0.25) is 9.59 Å². The molecule has 6 nitrogen and oxygen atoms in total. The van der Waals surface area contributed by atoms with Gasteiger partial charge in [-0.15, -0.1) is 0 Å². The summed E-state index contributed by atoms with van der Waals surface area (Å²) in [5.74, 6) is -0.387. The predicted molar refractivity (Wildman–Crippen MR) is 129 cm³/mol. The molecule has 1 aliphatic carbocycles. The topological polar surface area (TPSA) is 83.6 Å². The van der Waals surface area contributed by atoms with Crippen LogP contribution in [-0.4, -0.2) is 43.5 Å². The van der Waals surface area contributed by atoms with Crippen LogP contribution in [0.25, 0.3) is 6.08 Å². The number of piperidine rings is 1. The predicted octanol–water partition coefficient (Wildman–Crippen LogP) is 4.29. The van der Waals surface area contributed by atoms with Crippen LogP contribution in [0.2, 0.25) is 0 Å². The Morgan fingerprint density at radius 1 is 0.909 bits per heavy atom. The third-order valence-electron chi connectivity index (χ3n) is 6.57. The molecule has 7 heteroatoms. The summed E-state index contributed by atoms with van der Waals surface area (Å²) < 4.78 is 25.7. The van der Waals surface area contributed by atoms with Gasteiger partial charge in [0.2, 0.25) is 11.8 Å². The molecule has 0 atom stereocenters. The van der Waals surface area contributed by atoms with E-state index >= 15 is 0 Å². The molecule has 1 N–H and O–H groups in total. The molecule has 0 unspecified atom stereocenters. The molecule has 33 heavy (non-hydrogen) atoms. The first-order valence-corrected chi connectivity index (χ1v) is 13.1. The van der Waals surface area contributed by atoms with Gasteiger partial charge in [0.25, 0.3) is 0 Å². The summed E-state index contributed by atoms with van der Waals surface area (Å²) in [6.45, 7) is 1.04. The average molecular weight is 467 g/mol. The van der Waals surface area contributed by atoms with Crippen LogP contribution < -0.4 is 5.32 Å². The third kappa shape index (κ3) is 5.71. The van der Waals surface area contributed by atoms with E-state index in [2.05, 4.69) is 5.32 Å². The maximum Gasteiger partial charge on any atom is 0.246 e. The number of sulfone groups is 1. The average Bonchev–Trinajstić information content (AvgIpc) is 3.39. The number of nitrogens with one attached hydrogen (secondary N) is 1. The fourth-order valence-corrected chi connectivity index (χ4v) is 6.48. The molecule has 1 saturated carbocycles. The van der Waals surface area contributed by atoms with Gasteiger partial charge in [0.05, 0.1) is 10.1 Å². The van der Waals surface area contributed by atoms with E-state index in [1.807, 2.05) is 30.3 Å². The Labute approximate surface area is 195 Å². The Balaban J connectivity index is 1.31. The van der Waals surface area contributed by atoms with Crippen molar-refractivity contribution in [3.63, 3.8) is 0 Å². The highest BCUT2D eigenvalue weighted by Gasteiger charge is 2.31. The van der Waals surface area contributed by atoms with Crippen LogP contribution in [0.5, 0.6) is 0 Å². The molecule has 1 aliphatic heterocycles.